The van der Waals surface area contributed by atoms with E-state index in [1.165, 1.54) is 0 Å². The predicted molar refractivity (Wildman–Crippen MR) is 80.7 cm³/mol. The predicted octanol–water partition coefficient (Wildman–Crippen LogP) is 2.81. The topological polar surface area (TPSA) is 77.5 Å². The van der Waals surface area contributed by atoms with E-state index >= 15 is 0 Å². The molecule has 9 heteroatoms. The van der Waals surface area contributed by atoms with Gasteiger partial charge in [0, 0.05) is 0 Å². The molecule has 1 atom stereocenters. The van der Waals surface area contributed by atoms with Gasteiger partial charge in [-0.1, -0.05) is 59.7 Å². The van der Waals surface area contributed by atoms with Crippen LogP contribution in [0.25, 0.3) is 0 Å². The third-order valence-electron chi connectivity index (χ3n) is 3.28. The molecule has 118 valence electrons. The van der Waals surface area contributed by atoms with Crippen molar-refractivity contribution in [3.05, 3.63) is 31.2 Å². The van der Waals surface area contributed by atoms with Gasteiger partial charge in [-0.2, -0.15) is 0 Å². The summed E-state index contributed by atoms with van der Waals surface area (Å²) in [4.78, 5) is 36.7. The Morgan fingerprint density at radius 3 is 1.73 bits per heavy atom. The highest BCUT2D eigenvalue weighted by Crippen LogP contribution is 2.45. The number of imide groups is 1. The van der Waals surface area contributed by atoms with Gasteiger partial charge < -0.3 is 9.90 Å². The van der Waals surface area contributed by atoms with Crippen LogP contribution < -0.4 is 5.11 Å². The van der Waals surface area contributed by atoms with Crippen LogP contribution in [0.5, 0.6) is 0 Å². The third-order valence-corrected chi connectivity index (χ3v) is 5.08. The number of carboxylic acids is 1. The van der Waals surface area contributed by atoms with Crippen LogP contribution in [-0.2, 0) is 4.79 Å². The van der Waals surface area contributed by atoms with E-state index in [1.807, 2.05) is 0 Å². The van der Waals surface area contributed by atoms with Gasteiger partial charge in [-0.3, -0.25) is 14.5 Å². The lowest BCUT2D eigenvalue weighted by Gasteiger charge is -2.26. The minimum absolute atomic E-state index is 0.0461. The molecule has 0 saturated carbocycles. The number of fused-ring (bicyclic) bond motifs is 1. The van der Waals surface area contributed by atoms with Gasteiger partial charge in [0.05, 0.1) is 43.2 Å². The lowest BCUT2D eigenvalue weighted by atomic mass is 10.1. The monoisotopic (exact) mass is 382 g/mol. The number of nitrogens with zero attached hydrogens (tertiary/aromatic N) is 1. The van der Waals surface area contributed by atoms with Crippen molar-refractivity contribution in [3.63, 3.8) is 0 Å². The van der Waals surface area contributed by atoms with Crippen LogP contribution in [0.15, 0.2) is 0 Å². The van der Waals surface area contributed by atoms with E-state index in [1.54, 1.807) is 6.92 Å². The molecule has 0 aliphatic carbocycles. The molecule has 1 aromatic carbocycles. The van der Waals surface area contributed by atoms with Gasteiger partial charge in [0.15, 0.2) is 0 Å². The molecule has 1 heterocycles. The average molecular weight is 384 g/mol. The van der Waals surface area contributed by atoms with E-state index in [-0.39, 0.29) is 37.6 Å². The summed E-state index contributed by atoms with van der Waals surface area (Å²) in [6, 6.07) is -1.41. The summed E-state index contributed by atoms with van der Waals surface area (Å²) in [7, 11) is 0. The standard InChI is InChI=1S/C13H9Cl4NO4/c1-2-3-4(13(21)22)18-11(19)5-6(12(18)20)8(15)10(17)9(16)7(5)14/h4H,2-3H2,1H3,(H,21,22)/p-1. The van der Waals surface area contributed by atoms with Crippen LogP contribution in [-0.4, -0.2) is 28.7 Å². The van der Waals surface area contributed by atoms with Crippen molar-refractivity contribution in [2.24, 2.45) is 0 Å². The lowest BCUT2D eigenvalue weighted by molar-refractivity contribution is -0.310. The van der Waals surface area contributed by atoms with Crippen molar-refractivity contribution >= 4 is 64.2 Å². The van der Waals surface area contributed by atoms with Crippen LogP contribution >= 0.6 is 46.4 Å². The molecule has 0 saturated heterocycles. The zero-order valence-corrected chi connectivity index (χ0v) is 14.1. The van der Waals surface area contributed by atoms with E-state index in [2.05, 4.69) is 0 Å². The van der Waals surface area contributed by atoms with Crippen molar-refractivity contribution in [2.75, 3.05) is 0 Å². The largest absolute Gasteiger partial charge is 0.548 e. The number of carbonyl (C=O) groups is 3. The number of hydrogen-bond acceptors (Lipinski definition) is 4. The van der Waals surface area contributed by atoms with Crippen LogP contribution in [0.3, 0.4) is 0 Å². The molecule has 1 aromatic rings. The summed E-state index contributed by atoms with van der Waals surface area (Å²) in [5.74, 6) is -3.30. The van der Waals surface area contributed by atoms with Gasteiger partial charge in [0.1, 0.15) is 0 Å². The molecule has 0 bridgehead atoms. The van der Waals surface area contributed by atoms with Crippen molar-refractivity contribution < 1.29 is 19.5 Å². The van der Waals surface area contributed by atoms with Crippen molar-refractivity contribution in [1.29, 1.82) is 0 Å². The molecule has 22 heavy (non-hydrogen) atoms. The summed E-state index contributed by atoms with van der Waals surface area (Å²) in [6.07, 6.45) is 0.472. The summed E-state index contributed by atoms with van der Waals surface area (Å²) >= 11 is 23.7. The van der Waals surface area contributed by atoms with Crippen LogP contribution in [0, 0.1) is 0 Å². The Morgan fingerprint density at radius 1 is 1.00 bits per heavy atom. The maximum absolute atomic E-state index is 12.4. The van der Waals surface area contributed by atoms with Crippen LogP contribution in [0.2, 0.25) is 20.1 Å². The highest BCUT2D eigenvalue weighted by atomic mass is 35.5. The highest BCUT2D eigenvalue weighted by molar-refractivity contribution is 6.55. The molecule has 2 amide bonds. The molecule has 2 rings (SSSR count). The number of hydrogen-bond donors (Lipinski definition) is 0. The molecular weight excluding hydrogens is 376 g/mol. The van der Waals surface area contributed by atoms with Gasteiger partial charge in [-0.05, 0) is 6.42 Å². The van der Waals surface area contributed by atoms with E-state index in [0.29, 0.717) is 11.3 Å². The SMILES string of the molecule is CCCC(C(=O)[O-])N1C(=O)c2c(Cl)c(Cl)c(Cl)c(Cl)c2C1=O. The summed E-state index contributed by atoms with van der Waals surface area (Å²) in [5.41, 5.74) is -0.484. The zero-order chi connectivity index (χ0) is 16.8. The van der Waals surface area contributed by atoms with Gasteiger partial charge in [-0.25, -0.2) is 0 Å². The Morgan fingerprint density at radius 2 is 1.41 bits per heavy atom. The Hall–Kier alpha value is -1.01. The summed E-state index contributed by atoms with van der Waals surface area (Å²) in [5, 5.41) is 10.4. The summed E-state index contributed by atoms with van der Waals surface area (Å²) in [6.45, 7) is 1.71. The minimum Gasteiger partial charge on any atom is -0.548 e. The molecular formula is C13H8Cl4NO4-. The molecule has 0 radical (unpaired) electrons. The number of rotatable bonds is 4. The first-order valence-corrected chi connectivity index (χ1v) is 7.69. The molecule has 0 N–H and O–H groups in total. The minimum atomic E-state index is -1.54. The fourth-order valence-electron chi connectivity index (χ4n) is 2.28. The second kappa shape index (κ2) is 6.24. The Kier molecular flexibility index (Phi) is 4.92. The van der Waals surface area contributed by atoms with E-state index in [4.69, 9.17) is 46.4 Å². The number of carboxylic acid groups (broad SMARTS) is 1. The maximum atomic E-state index is 12.4. The molecule has 1 unspecified atom stereocenters. The number of amides is 2. The quantitative estimate of drug-likeness (QED) is 0.455. The second-order valence-electron chi connectivity index (χ2n) is 4.61. The molecule has 0 fully saturated rings. The zero-order valence-electron chi connectivity index (χ0n) is 11.1. The molecule has 0 spiro atoms. The van der Waals surface area contributed by atoms with Gasteiger partial charge >= 0.3 is 0 Å². The second-order valence-corrected chi connectivity index (χ2v) is 6.12. The smallest absolute Gasteiger partial charge is 0.263 e. The fourth-order valence-corrected chi connectivity index (χ4v) is 3.29. The van der Waals surface area contributed by atoms with Crippen LogP contribution in [0.4, 0.5) is 0 Å². The van der Waals surface area contributed by atoms with Gasteiger partial charge in [-0.15, -0.1) is 0 Å². The van der Waals surface area contributed by atoms with E-state index in [0.717, 1.165) is 0 Å². The summed E-state index contributed by atoms with van der Waals surface area (Å²) < 4.78 is 0. The number of carbonyl (C=O) groups excluding carboxylic acids is 3. The van der Waals surface area contributed by atoms with Gasteiger partial charge in [0.2, 0.25) is 0 Å². The van der Waals surface area contributed by atoms with E-state index in [9.17, 15) is 19.5 Å². The highest BCUT2D eigenvalue weighted by Gasteiger charge is 2.44. The normalized spacial score (nSPS) is 15.2. The molecule has 1 aliphatic heterocycles. The Balaban J connectivity index is 2.66. The number of benzene rings is 1. The van der Waals surface area contributed by atoms with Crippen molar-refractivity contribution in [3.8, 4) is 0 Å². The van der Waals surface area contributed by atoms with Crippen molar-refractivity contribution in [1.82, 2.24) is 4.90 Å². The fraction of sp³-hybridized carbons (Fsp3) is 0.308. The molecule has 0 aromatic heterocycles. The molecule has 1 aliphatic rings. The lowest BCUT2D eigenvalue weighted by Crippen LogP contribution is -2.50. The van der Waals surface area contributed by atoms with E-state index < -0.39 is 23.8 Å². The van der Waals surface area contributed by atoms with Crippen molar-refractivity contribution in [2.45, 2.75) is 25.8 Å². The van der Waals surface area contributed by atoms with Crippen LogP contribution in [0.1, 0.15) is 40.5 Å². The number of aliphatic carboxylic acids is 1. The molecule has 5 nitrogen and oxygen atoms in total. The number of halogens is 4. The Bertz CT molecular complexity index is 657. The first kappa shape index (κ1) is 17.3. The Labute approximate surface area is 145 Å². The first-order chi connectivity index (χ1) is 10.2. The maximum Gasteiger partial charge on any atom is 0.263 e. The third kappa shape index (κ3) is 2.46. The first-order valence-electron chi connectivity index (χ1n) is 6.18. The average Bonchev–Trinajstić information content (AvgIpc) is 2.72. The van der Waals surface area contributed by atoms with Gasteiger partial charge in [0.25, 0.3) is 11.8 Å².